The second kappa shape index (κ2) is 7.07. The predicted molar refractivity (Wildman–Crippen MR) is 95.2 cm³/mol. The van der Waals surface area contributed by atoms with Crippen LogP contribution in [0.15, 0.2) is 42.5 Å². The summed E-state index contributed by atoms with van der Waals surface area (Å²) in [7, 11) is 0. The molecule has 0 unspecified atom stereocenters. The molecule has 1 atom stereocenters. The van der Waals surface area contributed by atoms with E-state index in [1.54, 1.807) is 18.2 Å². The molecule has 0 saturated heterocycles. The number of aryl methyl sites for hydroxylation is 1. The lowest BCUT2D eigenvalue weighted by Gasteiger charge is -2.26. The van der Waals surface area contributed by atoms with E-state index in [4.69, 9.17) is 9.47 Å². The number of fused-ring (bicyclic) bond motifs is 2. The average molecular weight is 352 g/mol. The van der Waals surface area contributed by atoms with Gasteiger partial charge in [0.2, 0.25) is 12.7 Å². The molecule has 1 heterocycles. The van der Waals surface area contributed by atoms with E-state index < -0.39 is 0 Å². The van der Waals surface area contributed by atoms with Crippen LogP contribution in [0.3, 0.4) is 0 Å². The van der Waals surface area contributed by atoms with E-state index in [1.165, 1.54) is 11.1 Å². The van der Waals surface area contributed by atoms with Gasteiger partial charge in [0, 0.05) is 5.56 Å². The standard InChI is InChI=1S/C20H20N2O4/c23-19(22-16-7-3-5-13-4-1-2-6-15(13)16)11-21-20(24)14-8-9-17-18(10-14)26-12-25-17/h1-2,4,6,8-10,16H,3,5,7,11-12H2,(H,21,24)(H,22,23)/t16-/m0/s1. The third-order valence-electron chi connectivity index (χ3n) is 4.75. The van der Waals surface area contributed by atoms with Crippen molar-refractivity contribution in [1.82, 2.24) is 10.6 Å². The number of hydrogen-bond acceptors (Lipinski definition) is 4. The molecule has 4 rings (SSSR count). The Hall–Kier alpha value is -3.02. The van der Waals surface area contributed by atoms with Gasteiger partial charge in [0.1, 0.15) is 0 Å². The molecule has 0 radical (unpaired) electrons. The maximum Gasteiger partial charge on any atom is 0.251 e. The van der Waals surface area contributed by atoms with Gasteiger partial charge in [-0.25, -0.2) is 0 Å². The van der Waals surface area contributed by atoms with Crippen LogP contribution in [-0.4, -0.2) is 25.2 Å². The van der Waals surface area contributed by atoms with Crippen LogP contribution in [0.4, 0.5) is 0 Å². The molecule has 0 fully saturated rings. The monoisotopic (exact) mass is 352 g/mol. The lowest BCUT2D eigenvalue weighted by Crippen LogP contribution is -2.39. The van der Waals surface area contributed by atoms with E-state index in [-0.39, 0.29) is 31.2 Å². The molecule has 2 aromatic rings. The molecule has 134 valence electrons. The van der Waals surface area contributed by atoms with Gasteiger partial charge < -0.3 is 20.1 Å². The Morgan fingerprint density at radius 2 is 1.92 bits per heavy atom. The molecule has 2 aliphatic rings. The highest BCUT2D eigenvalue weighted by molar-refractivity contribution is 5.97. The number of carbonyl (C=O) groups excluding carboxylic acids is 2. The van der Waals surface area contributed by atoms with Gasteiger partial charge in [-0.1, -0.05) is 24.3 Å². The van der Waals surface area contributed by atoms with Crippen molar-refractivity contribution in [3.63, 3.8) is 0 Å². The largest absolute Gasteiger partial charge is 0.454 e. The Balaban J connectivity index is 1.34. The van der Waals surface area contributed by atoms with Crippen LogP contribution in [0.2, 0.25) is 0 Å². The molecule has 1 aliphatic carbocycles. The third kappa shape index (κ3) is 3.35. The first-order valence-corrected chi connectivity index (χ1v) is 8.76. The molecule has 26 heavy (non-hydrogen) atoms. The minimum Gasteiger partial charge on any atom is -0.454 e. The maximum absolute atomic E-state index is 12.3. The van der Waals surface area contributed by atoms with Crippen LogP contribution < -0.4 is 20.1 Å². The Bertz CT molecular complexity index is 849. The highest BCUT2D eigenvalue weighted by atomic mass is 16.7. The van der Waals surface area contributed by atoms with E-state index in [0.29, 0.717) is 17.1 Å². The second-order valence-corrected chi connectivity index (χ2v) is 6.46. The van der Waals surface area contributed by atoms with E-state index in [0.717, 1.165) is 19.3 Å². The van der Waals surface area contributed by atoms with Gasteiger partial charge in [0.05, 0.1) is 12.6 Å². The van der Waals surface area contributed by atoms with Crippen LogP contribution in [0, 0.1) is 0 Å². The van der Waals surface area contributed by atoms with Crippen LogP contribution >= 0.6 is 0 Å². The zero-order valence-corrected chi connectivity index (χ0v) is 14.3. The zero-order valence-electron chi connectivity index (χ0n) is 14.3. The first kappa shape index (κ1) is 16.4. The van der Waals surface area contributed by atoms with Crippen molar-refractivity contribution in [1.29, 1.82) is 0 Å². The van der Waals surface area contributed by atoms with Gasteiger partial charge in [0.15, 0.2) is 11.5 Å². The van der Waals surface area contributed by atoms with Crippen LogP contribution in [0.1, 0.15) is 40.4 Å². The summed E-state index contributed by atoms with van der Waals surface area (Å²) in [6.07, 6.45) is 3.01. The summed E-state index contributed by atoms with van der Waals surface area (Å²) >= 11 is 0. The Labute approximate surface area is 151 Å². The number of ether oxygens (including phenoxy) is 2. The van der Waals surface area contributed by atoms with Crippen molar-refractivity contribution in [2.45, 2.75) is 25.3 Å². The molecular formula is C20H20N2O4. The Kier molecular flexibility index (Phi) is 4.48. The van der Waals surface area contributed by atoms with Gasteiger partial charge in [-0.3, -0.25) is 9.59 Å². The summed E-state index contributed by atoms with van der Waals surface area (Å²) in [5.74, 6) is 0.652. The molecule has 0 spiro atoms. The summed E-state index contributed by atoms with van der Waals surface area (Å²) in [5.41, 5.74) is 2.90. The van der Waals surface area contributed by atoms with Gasteiger partial charge >= 0.3 is 0 Å². The van der Waals surface area contributed by atoms with Crippen molar-refractivity contribution < 1.29 is 19.1 Å². The van der Waals surface area contributed by atoms with E-state index in [2.05, 4.69) is 22.8 Å². The number of nitrogens with one attached hydrogen (secondary N) is 2. The SMILES string of the molecule is O=C(CNC(=O)c1ccc2c(c1)OCO2)N[C@H]1CCCc2ccccc21. The zero-order chi connectivity index (χ0) is 17.9. The number of hydrogen-bond donors (Lipinski definition) is 2. The minimum atomic E-state index is -0.317. The van der Waals surface area contributed by atoms with Crippen LogP contribution in [0.25, 0.3) is 0 Å². The van der Waals surface area contributed by atoms with Crippen molar-refractivity contribution in [3.05, 3.63) is 59.2 Å². The summed E-state index contributed by atoms with van der Waals surface area (Å²) < 4.78 is 10.5. The van der Waals surface area contributed by atoms with Crippen molar-refractivity contribution in [2.24, 2.45) is 0 Å². The quantitative estimate of drug-likeness (QED) is 0.885. The van der Waals surface area contributed by atoms with Gasteiger partial charge in [0.25, 0.3) is 5.91 Å². The number of carbonyl (C=O) groups is 2. The Morgan fingerprint density at radius 1 is 1.08 bits per heavy atom. The lowest BCUT2D eigenvalue weighted by atomic mass is 9.88. The maximum atomic E-state index is 12.3. The van der Waals surface area contributed by atoms with Gasteiger partial charge in [-0.15, -0.1) is 0 Å². The molecule has 0 saturated carbocycles. The topological polar surface area (TPSA) is 76.7 Å². The van der Waals surface area contributed by atoms with E-state index in [9.17, 15) is 9.59 Å². The summed E-state index contributed by atoms with van der Waals surface area (Å²) in [6.45, 7) is 0.0949. The Morgan fingerprint density at radius 3 is 2.85 bits per heavy atom. The summed E-state index contributed by atoms with van der Waals surface area (Å²) in [6, 6.07) is 13.1. The average Bonchev–Trinajstić information content (AvgIpc) is 3.14. The molecule has 2 amide bonds. The fourth-order valence-electron chi connectivity index (χ4n) is 3.45. The highest BCUT2D eigenvalue weighted by Crippen LogP contribution is 2.32. The fraction of sp³-hybridized carbons (Fsp3) is 0.300. The first-order chi connectivity index (χ1) is 12.7. The molecule has 0 bridgehead atoms. The first-order valence-electron chi connectivity index (χ1n) is 8.76. The summed E-state index contributed by atoms with van der Waals surface area (Å²) in [5, 5.41) is 5.68. The lowest BCUT2D eigenvalue weighted by molar-refractivity contribution is -0.121. The second-order valence-electron chi connectivity index (χ2n) is 6.46. The minimum absolute atomic E-state index is 0.00916. The third-order valence-corrected chi connectivity index (χ3v) is 4.75. The van der Waals surface area contributed by atoms with Crippen molar-refractivity contribution in [3.8, 4) is 11.5 Å². The molecule has 2 N–H and O–H groups in total. The van der Waals surface area contributed by atoms with Crippen molar-refractivity contribution >= 4 is 11.8 Å². The summed E-state index contributed by atoms with van der Waals surface area (Å²) in [4.78, 5) is 24.5. The molecule has 0 aromatic heterocycles. The molecule has 6 heteroatoms. The van der Waals surface area contributed by atoms with Crippen molar-refractivity contribution in [2.75, 3.05) is 13.3 Å². The predicted octanol–water partition coefficient (Wildman–Crippen LogP) is 2.34. The number of amides is 2. The molecule has 2 aromatic carbocycles. The van der Waals surface area contributed by atoms with Gasteiger partial charge in [-0.2, -0.15) is 0 Å². The number of benzene rings is 2. The van der Waals surface area contributed by atoms with E-state index in [1.807, 2.05) is 12.1 Å². The smallest absolute Gasteiger partial charge is 0.251 e. The van der Waals surface area contributed by atoms with Crippen LogP contribution in [-0.2, 0) is 11.2 Å². The normalized spacial score (nSPS) is 17.3. The highest BCUT2D eigenvalue weighted by Gasteiger charge is 2.22. The number of rotatable bonds is 4. The molecule has 6 nitrogen and oxygen atoms in total. The molecular weight excluding hydrogens is 332 g/mol. The van der Waals surface area contributed by atoms with Gasteiger partial charge in [-0.05, 0) is 48.6 Å². The van der Waals surface area contributed by atoms with Crippen LogP contribution in [0.5, 0.6) is 11.5 Å². The fourth-order valence-corrected chi connectivity index (χ4v) is 3.45. The van der Waals surface area contributed by atoms with E-state index >= 15 is 0 Å². The molecule has 1 aliphatic heterocycles.